The molecule has 4 N–H and O–H groups in total. The number of imidazole rings is 1. The highest BCUT2D eigenvalue weighted by molar-refractivity contribution is 6.02. The summed E-state index contributed by atoms with van der Waals surface area (Å²) in [5.41, 5.74) is 6.44. The number of hydrogen-bond acceptors (Lipinski definition) is 3. The van der Waals surface area contributed by atoms with Gasteiger partial charge in [0.15, 0.2) is 5.95 Å². The molecule has 5 nitrogen and oxygen atoms in total. The van der Waals surface area contributed by atoms with E-state index in [-0.39, 0.29) is 11.9 Å². The van der Waals surface area contributed by atoms with Crippen molar-refractivity contribution < 1.29 is 4.79 Å². The zero-order valence-corrected chi connectivity index (χ0v) is 7.90. The van der Waals surface area contributed by atoms with Crippen LogP contribution >= 0.6 is 0 Å². The fourth-order valence-electron chi connectivity index (χ4n) is 1.17. The van der Waals surface area contributed by atoms with Crippen molar-refractivity contribution in [3.8, 4) is 0 Å². The molecule has 1 heterocycles. The number of H-pyrrole nitrogens is 1. The number of rotatable bonds is 2. The van der Waals surface area contributed by atoms with Crippen molar-refractivity contribution in [3.05, 3.63) is 42.2 Å². The van der Waals surface area contributed by atoms with E-state index in [0.717, 1.165) is 5.69 Å². The average Bonchev–Trinajstić information content (AvgIpc) is 2.66. The van der Waals surface area contributed by atoms with Crippen LogP contribution in [0.3, 0.4) is 0 Å². The summed E-state index contributed by atoms with van der Waals surface area (Å²) in [7, 11) is 0. The van der Waals surface area contributed by atoms with Crippen LogP contribution in [0.15, 0.2) is 36.5 Å². The molecule has 1 aromatic carbocycles. The zero-order chi connectivity index (χ0) is 10.7. The fourth-order valence-corrected chi connectivity index (χ4v) is 1.17. The van der Waals surface area contributed by atoms with Crippen LogP contribution in [-0.4, -0.2) is 15.9 Å². The molecule has 0 aliphatic rings. The van der Waals surface area contributed by atoms with E-state index in [9.17, 15) is 4.79 Å². The van der Waals surface area contributed by atoms with E-state index in [1.54, 1.807) is 12.1 Å². The minimum absolute atomic E-state index is 0.230. The topological polar surface area (TPSA) is 83.8 Å². The summed E-state index contributed by atoms with van der Waals surface area (Å²) in [6.07, 6.45) is 1.40. The van der Waals surface area contributed by atoms with E-state index in [0.29, 0.717) is 5.69 Å². The largest absolute Gasteiger partial charge is 0.369 e. The number of nitrogen functional groups attached to an aromatic ring is 1. The van der Waals surface area contributed by atoms with Crippen LogP contribution in [0.2, 0.25) is 0 Å². The van der Waals surface area contributed by atoms with E-state index >= 15 is 0 Å². The smallest absolute Gasteiger partial charge is 0.273 e. The summed E-state index contributed by atoms with van der Waals surface area (Å²) in [5, 5.41) is 2.71. The molecule has 0 radical (unpaired) electrons. The first-order chi connectivity index (χ1) is 7.25. The Bertz CT molecular complexity index is 463. The number of carbonyl (C=O) groups is 1. The van der Waals surface area contributed by atoms with Gasteiger partial charge in [0.2, 0.25) is 0 Å². The Morgan fingerprint density at radius 3 is 2.67 bits per heavy atom. The molecule has 2 aromatic rings. The Morgan fingerprint density at radius 1 is 1.33 bits per heavy atom. The van der Waals surface area contributed by atoms with Crippen LogP contribution in [0.1, 0.15) is 10.5 Å². The summed E-state index contributed by atoms with van der Waals surface area (Å²) in [6, 6.07) is 9.17. The lowest BCUT2D eigenvalue weighted by atomic mass is 10.3. The molecule has 2 rings (SSSR count). The molecule has 0 bridgehead atoms. The second-order valence-corrected chi connectivity index (χ2v) is 3.00. The predicted octanol–water partition coefficient (Wildman–Crippen LogP) is 1.24. The highest BCUT2D eigenvalue weighted by Crippen LogP contribution is 2.07. The lowest BCUT2D eigenvalue weighted by molar-refractivity contribution is 0.102. The van der Waals surface area contributed by atoms with Gasteiger partial charge in [-0.3, -0.25) is 4.79 Å². The van der Waals surface area contributed by atoms with Gasteiger partial charge in [-0.2, -0.15) is 0 Å². The molecule has 0 atom stereocenters. The Balaban J connectivity index is 2.11. The maximum absolute atomic E-state index is 11.6. The van der Waals surface area contributed by atoms with Crippen LogP contribution in [0.5, 0.6) is 0 Å². The summed E-state index contributed by atoms with van der Waals surface area (Å²) in [4.78, 5) is 18.0. The quantitative estimate of drug-likeness (QED) is 0.685. The molecule has 1 aromatic heterocycles. The third-order valence-corrected chi connectivity index (χ3v) is 1.87. The molecular formula is C10H10N4O. The summed E-state index contributed by atoms with van der Waals surface area (Å²) in [6.45, 7) is 0. The zero-order valence-electron chi connectivity index (χ0n) is 7.90. The van der Waals surface area contributed by atoms with Gasteiger partial charge >= 0.3 is 0 Å². The maximum Gasteiger partial charge on any atom is 0.273 e. The molecule has 0 saturated heterocycles. The average molecular weight is 202 g/mol. The van der Waals surface area contributed by atoms with Crippen LogP contribution in [0, 0.1) is 0 Å². The number of carbonyl (C=O) groups excluding carboxylic acids is 1. The number of nitrogens with zero attached hydrogens (tertiary/aromatic N) is 1. The summed E-state index contributed by atoms with van der Waals surface area (Å²) < 4.78 is 0. The van der Waals surface area contributed by atoms with Crippen molar-refractivity contribution >= 4 is 17.5 Å². The first-order valence-corrected chi connectivity index (χ1v) is 4.42. The number of amides is 1. The lowest BCUT2D eigenvalue weighted by Crippen LogP contribution is -2.12. The first kappa shape index (κ1) is 9.26. The second kappa shape index (κ2) is 3.83. The monoisotopic (exact) mass is 202 g/mol. The molecule has 0 aliphatic heterocycles. The van der Waals surface area contributed by atoms with E-state index in [2.05, 4.69) is 15.3 Å². The van der Waals surface area contributed by atoms with Gasteiger partial charge in [0.1, 0.15) is 5.69 Å². The Morgan fingerprint density at radius 2 is 2.07 bits per heavy atom. The Labute approximate surface area is 86.3 Å². The van der Waals surface area contributed by atoms with Crippen LogP contribution in [0.4, 0.5) is 11.6 Å². The molecule has 0 spiro atoms. The number of nitrogens with one attached hydrogen (secondary N) is 2. The number of benzene rings is 1. The molecule has 5 heteroatoms. The van der Waals surface area contributed by atoms with Crippen molar-refractivity contribution in [1.82, 2.24) is 9.97 Å². The number of aromatic amines is 1. The van der Waals surface area contributed by atoms with Gasteiger partial charge in [-0.15, -0.1) is 0 Å². The fraction of sp³-hybridized carbons (Fsp3) is 0. The normalized spacial score (nSPS) is 9.87. The third-order valence-electron chi connectivity index (χ3n) is 1.87. The van der Waals surface area contributed by atoms with E-state index in [4.69, 9.17) is 5.73 Å². The van der Waals surface area contributed by atoms with Gasteiger partial charge in [-0.05, 0) is 12.1 Å². The predicted molar refractivity (Wildman–Crippen MR) is 57.4 cm³/mol. The highest BCUT2D eigenvalue weighted by Gasteiger charge is 2.07. The summed E-state index contributed by atoms with van der Waals surface area (Å²) >= 11 is 0. The maximum atomic E-state index is 11.6. The number of nitrogens with two attached hydrogens (primary N) is 1. The minimum Gasteiger partial charge on any atom is -0.369 e. The van der Waals surface area contributed by atoms with Crippen molar-refractivity contribution in [2.24, 2.45) is 0 Å². The van der Waals surface area contributed by atoms with Crippen molar-refractivity contribution in [2.75, 3.05) is 11.1 Å². The van der Waals surface area contributed by atoms with Crippen LogP contribution < -0.4 is 11.1 Å². The van der Waals surface area contributed by atoms with Gasteiger partial charge in [0, 0.05) is 5.69 Å². The van der Waals surface area contributed by atoms with E-state index in [1.807, 2.05) is 18.2 Å². The SMILES string of the molecule is Nc1ncc(C(=O)Nc2ccccc2)[nH]1. The molecule has 15 heavy (non-hydrogen) atoms. The molecule has 1 amide bonds. The third kappa shape index (κ3) is 2.14. The number of hydrogen-bond donors (Lipinski definition) is 3. The number of aromatic nitrogens is 2. The van der Waals surface area contributed by atoms with Gasteiger partial charge < -0.3 is 16.0 Å². The van der Waals surface area contributed by atoms with Crippen LogP contribution in [-0.2, 0) is 0 Å². The Hall–Kier alpha value is -2.30. The molecule has 0 saturated carbocycles. The second-order valence-electron chi connectivity index (χ2n) is 3.00. The molecule has 0 unspecified atom stereocenters. The van der Waals surface area contributed by atoms with Crippen molar-refractivity contribution in [2.45, 2.75) is 0 Å². The van der Waals surface area contributed by atoms with E-state index < -0.39 is 0 Å². The van der Waals surface area contributed by atoms with Gasteiger partial charge in [-0.1, -0.05) is 18.2 Å². The number of anilines is 2. The standard InChI is InChI=1S/C10H10N4O/c11-10-12-6-8(14-10)9(15)13-7-4-2-1-3-5-7/h1-6H,(H,13,15)(H3,11,12,14). The van der Waals surface area contributed by atoms with Crippen molar-refractivity contribution in [1.29, 1.82) is 0 Å². The molecule has 76 valence electrons. The lowest BCUT2D eigenvalue weighted by Gasteiger charge is -2.01. The van der Waals surface area contributed by atoms with Crippen LogP contribution in [0.25, 0.3) is 0 Å². The number of para-hydroxylation sites is 1. The van der Waals surface area contributed by atoms with Gasteiger partial charge in [0.05, 0.1) is 6.20 Å². The first-order valence-electron chi connectivity index (χ1n) is 4.42. The molecule has 0 fully saturated rings. The molecular weight excluding hydrogens is 192 g/mol. The van der Waals surface area contributed by atoms with Gasteiger partial charge in [0.25, 0.3) is 5.91 Å². The minimum atomic E-state index is -0.259. The van der Waals surface area contributed by atoms with E-state index in [1.165, 1.54) is 6.20 Å². The molecule has 0 aliphatic carbocycles. The highest BCUT2D eigenvalue weighted by atomic mass is 16.1. The van der Waals surface area contributed by atoms with Crippen molar-refractivity contribution in [3.63, 3.8) is 0 Å². The van der Waals surface area contributed by atoms with Gasteiger partial charge in [-0.25, -0.2) is 4.98 Å². The Kier molecular flexibility index (Phi) is 2.37. The summed E-state index contributed by atoms with van der Waals surface area (Å²) in [5.74, 6) is -0.0291.